The zero-order chi connectivity index (χ0) is 11.9. The fourth-order valence-corrected chi connectivity index (χ4v) is 2.61. The third-order valence-corrected chi connectivity index (χ3v) is 3.25. The standard InChI is InChI=1S/C12H19NO3/c1-12(2,3)16-11(15)13-7-10(14)8-5-4-6-9(8)13/h8-9H,4-7H2,1-3H3. The smallest absolute Gasteiger partial charge is 0.410 e. The van der Waals surface area contributed by atoms with Gasteiger partial charge in [0.1, 0.15) is 5.60 Å². The molecule has 90 valence electrons. The largest absolute Gasteiger partial charge is 0.444 e. The van der Waals surface area contributed by atoms with Crippen LogP contribution in [-0.4, -0.2) is 35.0 Å². The molecule has 1 saturated heterocycles. The average Bonchev–Trinajstić information content (AvgIpc) is 2.66. The van der Waals surface area contributed by atoms with E-state index in [-0.39, 0.29) is 30.4 Å². The van der Waals surface area contributed by atoms with Crippen LogP contribution in [0.1, 0.15) is 40.0 Å². The first-order valence-electron chi connectivity index (χ1n) is 5.91. The number of rotatable bonds is 0. The number of hydrogen-bond acceptors (Lipinski definition) is 3. The van der Waals surface area contributed by atoms with Gasteiger partial charge in [-0.2, -0.15) is 0 Å². The van der Waals surface area contributed by atoms with Gasteiger partial charge in [-0.1, -0.05) is 6.42 Å². The Labute approximate surface area is 95.9 Å². The average molecular weight is 225 g/mol. The van der Waals surface area contributed by atoms with E-state index in [4.69, 9.17) is 4.74 Å². The minimum Gasteiger partial charge on any atom is -0.444 e. The number of ketones is 1. The lowest BCUT2D eigenvalue weighted by Gasteiger charge is -2.27. The summed E-state index contributed by atoms with van der Waals surface area (Å²) in [5, 5.41) is 0. The van der Waals surface area contributed by atoms with Gasteiger partial charge in [-0.3, -0.25) is 9.69 Å². The van der Waals surface area contributed by atoms with Crippen molar-refractivity contribution in [3.8, 4) is 0 Å². The number of carbonyl (C=O) groups is 2. The number of amides is 1. The Morgan fingerprint density at radius 2 is 2.06 bits per heavy atom. The van der Waals surface area contributed by atoms with Gasteiger partial charge in [0.2, 0.25) is 0 Å². The molecule has 1 aliphatic carbocycles. The van der Waals surface area contributed by atoms with E-state index in [0.717, 1.165) is 19.3 Å². The maximum absolute atomic E-state index is 11.9. The first kappa shape index (κ1) is 11.4. The fraction of sp³-hybridized carbons (Fsp3) is 0.833. The zero-order valence-corrected chi connectivity index (χ0v) is 10.2. The molecule has 0 aromatic carbocycles. The molecule has 2 unspecified atom stereocenters. The molecule has 16 heavy (non-hydrogen) atoms. The van der Waals surface area contributed by atoms with E-state index in [2.05, 4.69) is 0 Å². The third kappa shape index (κ3) is 2.06. The number of carbonyl (C=O) groups excluding carboxylic acids is 2. The Morgan fingerprint density at radius 1 is 1.38 bits per heavy atom. The first-order chi connectivity index (χ1) is 7.38. The number of nitrogens with zero attached hydrogens (tertiary/aromatic N) is 1. The van der Waals surface area contributed by atoms with E-state index in [1.807, 2.05) is 20.8 Å². The molecule has 4 heteroatoms. The maximum Gasteiger partial charge on any atom is 0.410 e. The van der Waals surface area contributed by atoms with Crippen molar-refractivity contribution in [1.29, 1.82) is 0 Å². The van der Waals surface area contributed by atoms with E-state index in [1.54, 1.807) is 4.90 Å². The van der Waals surface area contributed by atoms with Crippen molar-refractivity contribution in [3.63, 3.8) is 0 Å². The summed E-state index contributed by atoms with van der Waals surface area (Å²) in [5.74, 6) is 0.279. The Morgan fingerprint density at radius 3 is 2.69 bits per heavy atom. The van der Waals surface area contributed by atoms with Crippen LogP contribution in [0, 0.1) is 5.92 Å². The number of likely N-dealkylation sites (tertiary alicyclic amines) is 1. The van der Waals surface area contributed by atoms with Gasteiger partial charge in [0.25, 0.3) is 0 Å². The van der Waals surface area contributed by atoms with Crippen LogP contribution in [0.25, 0.3) is 0 Å². The highest BCUT2D eigenvalue weighted by atomic mass is 16.6. The molecule has 0 spiro atoms. The molecular formula is C12H19NO3. The van der Waals surface area contributed by atoms with E-state index in [1.165, 1.54) is 0 Å². The van der Waals surface area contributed by atoms with Crippen molar-refractivity contribution in [2.45, 2.75) is 51.7 Å². The Hall–Kier alpha value is -1.06. The number of ether oxygens (including phenoxy) is 1. The molecule has 0 bridgehead atoms. The quantitative estimate of drug-likeness (QED) is 0.633. The normalized spacial score (nSPS) is 29.4. The Balaban J connectivity index is 2.05. The number of Topliss-reactive ketones (excluding diaryl/α,β-unsaturated/α-hetero) is 1. The van der Waals surface area contributed by atoms with Crippen molar-refractivity contribution >= 4 is 11.9 Å². The van der Waals surface area contributed by atoms with E-state index < -0.39 is 5.60 Å². The van der Waals surface area contributed by atoms with Gasteiger partial charge in [-0.15, -0.1) is 0 Å². The molecule has 0 aromatic rings. The van der Waals surface area contributed by atoms with Crippen LogP contribution in [0.5, 0.6) is 0 Å². The molecule has 2 aliphatic rings. The second kappa shape index (κ2) is 3.75. The Bertz CT molecular complexity index is 319. The molecule has 0 radical (unpaired) electrons. The van der Waals surface area contributed by atoms with Crippen LogP contribution >= 0.6 is 0 Å². The highest BCUT2D eigenvalue weighted by Gasteiger charge is 2.46. The van der Waals surface area contributed by atoms with Gasteiger partial charge in [0, 0.05) is 12.0 Å². The third-order valence-electron chi connectivity index (χ3n) is 3.25. The monoisotopic (exact) mass is 225 g/mol. The van der Waals surface area contributed by atoms with Crippen molar-refractivity contribution in [1.82, 2.24) is 4.90 Å². The zero-order valence-electron chi connectivity index (χ0n) is 10.2. The molecule has 2 rings (SSSR count). The van der Waals surface area contributed by atoms with Gasteiger partial charge in [0.05, 0.1) is 6.54 Å². The summed E-state index contributed by atoms with van der Waals surface area (Å²) in [4.78, 5) is 25.2. The number of hydrogen-bond donors (Lipinski definition) is 0. The van der Waals surface area contributed by atoms with Crippen LogP contribution in [-0.2, 0) is 9.53 Å². The van der Waals surface area contributed by atoms with Crippen molar-refractivity contribution in [2.24, 2.45) is 5.92 Å². The van der Waals surface area contributed by atoms with Crippen LogP contribution in [0.15, 0.2) is 0 Å². The van der Waals surface area contributed by atoms with Crippen molar-refractivity contribution in [2.75, 3.05) is 6.54 Å². The second-order valence-electron chi connectivity index (χ2n) is 5.68. The molecule has 4 nitrogen and oxygen atoms in total. The molecule has 1 amide bonds. The lowest BCUT2D eigenvalue weighted by Crippen LogP contribution is -2.40. The molecule has 0 N–H and O–H groups in total. The van der Waals surface area contributed by atoms with Crippen LogP contribution < -0.4 is 0 Å². The van der Waals surface area contributed by atoms with Crippen LogP contribution in [0.4, 0.5) is 4.79 Å². The second-order valence-corrected chi connectivity index (χ2v) is 5.68. The molecule has 1 heterocycles. The van der Waals surface area contributed by atoms with Crippen LogP contribution in [0.2, 0.25) is 0 Å². The van der Waals surface area contributed by atoms with Crippen molar-refractivity contribution < 1.29 is 14.3 Å². The summed E-state index contributed by atoms with van der Waals surface area (Å²) < 4.78 is 5.31. The molecule has 1 saturated carbocycles. The van der Waals surface area contributed by atoms with Crippen molar-refractivity contribution in [3.05, 3.63) is 0 Å². The highest BCUT2D eigenvalue weighted by molar-refractivity contribution is 5.90. The summed E-state index contributed by atoms with van der Waals surface area (Å²) in [6.07, 6.45) is 2.58. The summed E-state index contributed by atoms with van der Waals surface area (Å²) in [5.41, 5.74) is -0.489. The number of fused-ring (bicyclic) bond motifs is 1. The maximum atomic E-state index is 11.9. The fourth-order valence-electron chi connectivity index (χ4n) is 2.61. The SMILES string of the molecule is CC(C)(C)OC(=O)N1CC(=O)C2CCCC21. The highest BCUT2D eigenvalue weighted by Crippen LogP contribution is 2.36. The molecule has 0 aromatic heterocycles. The lowest BCUT2D eigenvalue weighted by atomic mass is 10.0. The van der Waals surface area contributed by atoms with E-state index >= 15 is 0 Å². The molecular weight excluding hydrogens is 206 g/mol. The predicted octanol–water partition coefficient (Wildman–Crippen LogP) is 1.97. The summed E-state index contributed by atoms with van der Waals surface area (Å²) in [6.45, 7) is 5.77. The molecule has 2 atom stereocenters. The molecule has 2 fully saturated rings. The first-order valence-corrected chi connectivity index (χ1v) is 5.91. The van der Waals surface area contributed by atoms with Gasteiger partial charge in [-0.05, 0) is 33.6 Å². The summed E-state index contributed by atoms with van der Waals surface area (Å²) in [6, 6.07) is 0.0994. The minimum absolute atomic E-state index is 0.0764. The Kier molecular flexibility index (Phi) is 2.68. The molecule has 1 aliphatic heterocycles. The topological polar surface area (TPSA) is 46.6 Å². The van der Waals surface area contributed by atoms with Crippen LogP contribution in [0.3, 0.4) is 0 Å². The lowest BCUT2D eigenvalue weighted by molar-refractivity contribution is -0.119. The van der Waals surface area contributed by atoms with Gasteiger partial charge in [0.15, 0.2) is 5.78 Å². The van der Waals surface area contributed by atoms with Gasteiger partial charge in [-0.25, -0.2) is 4.79 Å². The minimum atomic E-state index is -0.489. The predicted molar refractivity (Wildman–Crippen MR) is 59.1 cm³/mol. The van der Waals surface area contributed by atoms with Gasteiger partial charge >= 0.3 is 6.09 Å². The van der Waals surface area contributed by atoms with Gasteiger partial charge < -0.3 is 4.74 Å². The van der Waals surface area contributed by atoms with E-state index in [9.17, 15) is 9.59 Å². The summed E-state index contributed by atoms with van der Waals surface area (Å²) in [7, 11) is 0. The van der Waals surface area contributed by atoms with E-state index in [0.29, 0.717) is 0 Å². The summed E-state index contributed by atoms with van der Waals surface area (Å²) >= 11 is 0.